The third kappa shape index (κ3) is 5.89. The van der Waals surface area contributed by atoms with E-state index in [9.17, 15) is 9.18 Å². The van der Waals surface area contributed by atoms with Crippen LogP contribution in [-0.2, 0) is 4.74 Å². The summed E-state index contributed by atoms with van der Waals surface area (Å²) in [6, 6.07) is 1.54. The SMILES string of the molecule is C[C@@H](COc1nccc(I)c1F)OC(=O)NC(C)(C)C. The Balaban J connectivity index is 2.46. The number of carbonyl (C=O) groups excluding carboxylic acids is 1. The topological polar surface area (TPSA) is 60.5 Å². The lowest BCUT2D eigenvalue weighted by Crippen LogP contribution is -2.42. The predicted octanol–water partition coefficient (Wildman–Crippen LogP) is 3.12. The van der Waals surface area contributed by atoms with Gasteiger partial charge in [0.05, 0.1) is 3.57 Å². The summed E-state index contributed by atoms with van der Waals surface area (Å²) >= 11 is 1.85. The molecule has 0 unspecified atom stereocenters. The maximum Gasteiger partial charge on any atom is 0.407 e. The van der Waals surface area contributed by atoms with Gasteiger partial charge in [-0.2, -0.15) is 4.39 Å². The quantitative estimate of drug-likeness (QED) is 0.795. The van der Waals surface area contributed by atoms with E-state index in [1.54, 1.807) is 13.0 Å². The number of ether oxygens (including phenoxy) is 2. The Kier molecular flexibility index (Phi) is 5.97. The van der Waals surface area contributed by atoms with Crippen LogP contribution in [0.2, 0.25) is 0 Å². The van der Waals surface area contributed by atoms with Crippen molar-refractivity contribution in [3.8, 4) is 5.88 Å². The van der Waals surface area contributed by atoms with E-state index in [4.69, 9.17) is 9.47 Å². The van der Waals surface area contributed by atoms with E-state index in [2.05, 4.69) is 10.3 Å². The van der Waals surface area contributed by atoms with Gasteiger partial charge in [-0.3, -0.25) is 0 Å². The fourth-order valence-corrected chi connectivity index (χ4v) is 1.64. The predicted molar refractivity (Wildman–Crippen MR) is 81.2 cm³/mol. The summed E-state index contributed by atoms with van der Waals surface area (Å²) in [5.41, 5.74) is -0.374. The van der Waals surface area contributed by atoms with Crippen molar-refractivity contribution in [2.75, 3.05) is 6.61 Å². The van der Waals surface area contributed by atoms with Crippen molar-refractivity contribution in [1.82, 2.24) is 10.3 Å². The summed E-state index contributed by atoms with van der Waals surface area (Å²) in [6.07, 6.45) is 0.402. The highest BCUT2D eigenvalue weighted by atomic mass is 127. The van der Waals surface area contributed by atoms with Crippen molar-refractivity contribution in [1.29, 1.82) is 0 Å². The molecule has 0 aliphatic heterocycles. The second kappa shape index (κ2) is 7.05. The number of pyridine rings is 1. The van der Waals surface area contributed by atoms with Gasteiger partial charge in [0, 0.05) is 11.7 Å². The van der Waals surface area contributed by atoms with Crippen LogP contribution in [0.3, 0.4) is 0 Å². The minimum Gasteiger partial charge on any atom is -0.472 e. The van der Waals surface area contributed by atoms with Gasteiger partial charge in [-0.15, -0.1) is 0 Å². The van der Waals surface area contributed by atoms with Crippen LogP contribution in [0.15, 0.2) is 12.3 Å². The molecule has 1 heterocycles. The largest absolute Gasteiger partial charge is 0.472 e. The average Bonchev–Trinajstić information content (AvgIpc) is 2.28. The first kappa shape index (κ1) is 16.9. The van der Waals surface area contributed by atoms with Gasteiger partial charge in [0.2, 0.25) is 0 Å². The maximum atomic E-state index is 13.6. The molecule has 1 N–H and O–H groups in total. The zero-order chi connectivity index (χ0) is 15.3. The lowest BCUT2D eigenvalue weighted by atomic mass is 10.1. The second-order valence-corrected chi connectivity index (χ2v) is 6.48. The molecule has 1 rings (SSSR count). The molecule has 112 valence electrons. The first-order chi connectivity index (χ1) is 9.19. The minimum atomic E-state index is -0.537. The van der Waals surface area contributed by atoms with Crippen molar-refractivity contribution >= 4 is 28.7 Å². The van der Waals surface area contributed by atoms with Crippen LogP contribution < -0.4 is 10.1 Å². The number of amides is 1. The minimum absolute atomic E-state index is 0.0293. The number of hydrogen-bond donors (Lipinski definition) is 1. The van der Waals surface area contributed by atoms with Gasteiger partial charge >= 0.3 is 6.09 Å². The molecule has 20 heavy (non-hydrogen) atoms. The summed E-state index contributed by atoms with van der Waals surface area (Å²) < 4.78 is 24.4. The van der Waals surface area contributed by atoms with E-state index in [1.807, 2.05) is 43.4 Å². The molecule has 0 aliphatic carbocycles. The van der Waals surface area contributed by atoms with Gasteiger partial charge in [-0.1, -0.05) is 0 Å². The van der Waals surface area contributed by atoms with Gasteiger partial charge in [-0.05, 0) is 56.4 Å². The highest BCUT2D eigenvalue weighted by Crippen LogP contribution is 2.18. The van der Waals surface area contributed by atoms with Crippen LogP contribution in [0, 0.1) is 9.39 Å². The summed E-state index contributed by atoms with van der Waals surface area (Å²) in [6.45, 7) is 7.23. The normalized spacial score (nSPS) is 12.7. The molecule has 7 heteroatoms. The van der Waals surface area contributed by atoms with Crippen LogP contribution in [-0.4, -0.2) is 29.3 Å². The van der Waals surface area contributed by atoms with Crippen molar-refractivity contribution in [3.05, 3.63) is 21.7 Å². The molecule has 1 aromatic heterocycles. The van der Waals surface area contributed by atoms with Crippen molar-refractivity contribution in [2.24, 2.45) is 0 Å². The number of nitrogens with zero attached hydrogens (tertiary/aromatic N) is 1. The molecule has 1 aromatic rings. The van der Waals surface area contributed by atoms with E-state index < -0.39 is 18.0 Å². The van der Waals surface area contributed by atoms with E-state index in [0.717, 1.165) is 0 Å². The first-order valence-electron chi connectivity index (χ1n) is 6.10. The smallest absolute Gasteiger partial charge is 0.407 e. The van der Waals surface area contributed by atoms with E-state index in [-0.39, 0.29) is 18.0 Å². The lowest BCUT2D eigenvalue weighted by Gasteiger charge is -2.22. The molecule has 5 nitrogen and oxygen atoms in total. The molecular formula is C13H18FIN2O3. The third-order valence-electron chi connectivity index (χ3n) is 2.05. The van der Waals surface area contributed by atoms with Gasteiger partial charge in [0.1, 0.15) is 12.7 Å². The molecule has 0 saturated heterocycles. The Hall–Kier alpha value is -1.12. The molecule has 0 aromatic carbocycles. The number of rotatable bonds is 4. The molecule has 0 aliphatic rings. The Morgan fingerprint density at radius 3 is 2.80 bits per heavy atom. The monoisotopic (exact) mass is 396 g/mol. The zero-order valence-corrected chi connectivity index (χ0v) is 14.0. The van der Waals surface area contributed by atoms with Crippen molar-refractivity contribution in [2.45, 2.75) is 39.3 Å². The van der Waals surface area contributed by atoms with Crippen LogP contribution in [0.5, 0.6) is 5.88 Å². The molecule has 0 radical (unpaired) electrons. The van der Waals surface area contributed by atoms with Crippen LogP contribution in [0.4, 0.5) is 9.18 Å². The highest BCUT2D eigenvalue weighted by Gasteiger charge is 2.18. The number of hydrogen-bond acceptors (Lipinski definition) is 4. The summed E-state index contributed by atoms with van der Waals surface area (Å²) in [7, 11) is 0. The molecule has 0 spiro atoms. The van der Waals surface area contributed by atoms with E-state index in [0.29, 0.717) is 3.57 Å². The number of halogens is 2. The van der Waals surface area contributed by atoms with Crippen LogP contribution in [0.1, 0.15) is 27.7 Å². The molecule has 0 fully saturated rings. The first-order valence-corrected chi connectivity index (χ1v) is 7.18. The van der Waals surface area contributed by atoms with Gasteiger partial charge < -0.3 is 14.8 Å². The maximum absolute atomic E-state index is 13.6. The lowest BCUT2D eigenvalue weighted by molar-refractivity contribution is 0.0681. The molecular weight excluding hydrogens is 378 g/mol. The summed E-state index contributed by atoms with van der Waals surface area (Å²) in [5.74, 6) is -0.608. The van der Waals surface area contributed by atoms with Crippen LogP contribution in [0.25, 0.3) is 0 Å². The Bertz CT molecular complexity index is 477. The number of nitrogens with one attached hydrogen (secondary N) is 1. The van der Waals surface area contributed by atoms with Crippen LogP contribution >= 0.6 is 22.6 Å². The van der Waals surface area contributed by atoms with Crippen molar-refractivity contribution < 1.29 is 18.7 Å². The summed E-state index contributed by atoms with van der Waals surface area (Å²) in [5, 5.41) is 2.66. The standard InChI is InChI=1S/C13H18FIN2O3/c1-8(20-12(18)17-13(2,3)4)7-19-11-10(14)9(15)5-6-16-11/h5-6,8H,7H2,1-4H3,(H,17,18)/t8-/m0/s1. The Morgan fingerprint density at radius 2 is 2.20 bits per heavy atom. The fourth-order valence-electron chi connectivity index (χ4n) is 1.25. The molecule has 0 bridgehead atoms. The van der Waals surface area contributed by atoms with Gasteiger partial charge in [-0.25, -0.2) is 9.78 Å². The number of aromatic nitrogens is 1. The molecule has 1 amide bonds. The zero-order valence-electron chi connectivity index (χ0n) is 11.9. The molecule has 0 saturated carbocycles. The average molecular weight is 396 g/mol. The second-order valence-electron chi connectivity index (χ2n) is 5.31. The van der Waals surface area contributed by atoms with Gasteiger partial charge in [0.25, 0.3) is 5.88 Å². The van der Waals surface area contributed by atoms with E-state index in [1.165, 1.54) is 6.20 Å². The third-order valence-corrected chi connectivity index (χ3v) is 2.88. The highest BCUT2D eigenvalue weighted by molar-refractivity contribution is 14.1. The van der Waals surface area contributed by atoms with Gasteiger partial charge in [0.15, 0.2) is 5.82 Å². The number of alkyl carbamates (subject to hydrolysis) is 1. The summed E-state index contributed by atoms with van der Waals surface area (Å²) in [4.78, 5) is 15.3. The Morgan fingerprint density at radius 1 is 1.55 bits per heavy atom. The molecule has 1 atom stereocenters. The van der Waals surface area contributed by atoms with E-state index >= 15 is 0 Å². The fraction of sp³-hybridized carbons (Fsp3) is 0.538. The number of carbonyl (C=O) groups is 1. The van der Waals surface area contributed by atoms with Crippen molar-refractivity contribution in [3.63, 3.8) is 0 Å². The Labute approximate surface area is 131 Å².